The smallest absolute Gasteiger partial charge is 0.0310 e. The summed E-state index contributed by atoms with van der Waals surface area (Å²) in [7, 11) is 1.57. The molecule has 1 rings (SSSR count). The van der Waals surface area contributed by atoms with E-state index in [1.807, 2.05) is 0 Å². The highest BCUT2D eigenvalue weighted by atomic mass is 33.1. The van der Waals surface area contributed by atoms with E-state index in [4.69, 9.17) is 0 Å². The molecule has 1 saturated heterocycles. The maximum Gasteiger partial charge on any atom is 0.0310 e. The summed E-state index contributed by atoms with van der Waals surface area (Å²) in [5.41, 5.74) is 0. The number of hydrogen-bond acceptors (Lipinski definition) is 4. The first kappa shape index (κ1) is 10.7. The molecule has 0 spiro atoms. The van der Waals surface area contributed by atoms with Gasteiger partial charge in [-0.05, 0) is 31.8 Å². The zero-order chi connectivity index (χ0) is 9.14. The third-order valence-corrected chi connectivity index (χ3v) is 3.81. The van der Waals surface area contributed by atoms with Gasteiger partial charge >= 0.3 is 0 Å². The Labute approximate surface area is 84.6 Å². The van der Waals surface area contributed by atoms with Crippen molar-refractivity contribution in [1.82, 2.24) is 9.21 Å². The Morgan fingerprint density at radius 2 is 2.08 bits per heavy atom. The van der Waals surface area contributed by atoms with Gasteiger partial charge in [-0.15, -0.1) is 0 Å². The summed E-state index contributed by atoms with van der Waals surface area (Å²) in [6.45, 7) is 10.3. The molecule has 1 aliphatic rings. The standard InChI is InChI=1S/C8H18N2S2/c1-7(2)9-4-5-10(12-11)8(3)6-9/h7-8,11H,4-6H2,1-3H3. The molecule has 12 heavy (non-hydrogen) atoms. The zero-order valence-corrected chi connectivity index (χ0v) is 9.74. The lowest BCUT2D eigenvalue weighted by Crippen LogP contribution is -2.50. The summed E-state index contributed by atoms with van der Waals surface area (Å²) in [5, 5.41) is 0. The molecule has 0 radical (unpaired) electrons. The van der Waals surface area contributed by atoms with Crippen LogP contribution in [0.5, 0.6) is 0 Å². The van der Waals surface area contributed by atoms with Crippen molar-refractivity contribution in [2.45, 2.75) is 32.9 Å². The van der Waals surface area contributed by atoms with Crippen LogP contribution in [0, 0.1) is 0 Å². The van der Waals surface area contributed by atoms with E-state index in [2.05, 4.69) is 41.6 Å². The van der Waals surface area contributed by atoms with E-state index in [0.29, 0.717) is 12.1 Å². The van der Waals surface area contributed by atoms with Crippen LogP contribution in [0.1, 0.15) is 20.8 Å². The van der Waals surface area contributed by atoms with Gasteiger partial charge in [-0.1, -0.05) is 11.7 Å². The van der Waals surface area contributed by atoms with Crippen LogP contribution < -0.4 is 0 Å². The fourth-order valence-electron chi connectivity index (χ4n) is 1.56. The molecule has 0 saturated carbocycles. The summed E-state index contributed by atoms with van der Waals surface area (Å²) < 4.78 is 2.34. The Bertz CT molecular complexity index is 141. The third-order valence-electron chi connectivity index (χ3n) is 2.43. The minimum atomic E-state index is 0.628. The second-order valence-corrected chi connectivity index (χ2v) is 4.78. The van der Waals surface area contributed by atoms with E-state index in [0.717, 1.165) is 6.54 Å². The maximum atomic E-state index is 4.23. The molecular formula is C8H18N2S2. The first-order valence-electron chi connectivity index (χ1n) is 4.47. The minimum Gasteiger partial charge on any atom is -0.298 e. The van der Waals surface area contributed by atoms with Crippen molar-refractivity contribution in [2.75, 3.05) is 19.6 Å². The molecule has 0 aromatic heterocycles. The van der Waals surface area contributed by atoms with Crippen molar-refractivity contribution in [3.8, 4) is 0 Å². The van der Waals surface area contributed by atoms with Gasteiger partial charge in [0.25, 0.3) is 0 Å². The van der Waals surface area contributed by atoms with Crippen LogP contribution in [-0.2, 0) is 0 Å². The Kier molecular flexibility index (Phi) is 4.23. The average molecular weight is 206 g/mol. The Balaban J connectivity index is 2.40. The molecule has 0 N–H and O–H groups in total. The normalized spacial score (nSPS) is 28.2. The predicted molar refractivity (Wildman–Crippen MR) is 59.5 cm³/mol. The molecule has 4 heteroatoms. The van der Waals surface area contributed by atoms with E-state index in [1.165, 1.54) is 13.1 Å². The summed E-state index contributed by atoms with van der Waals surface area (Å²) in [6, 6.07) is 1.31. The van der Waals surface area contributed by atoms with Crippen molar-refractivity contribution in [3.05, 3.63) is 0 Å². The van der Waals surface area contributed by atoms with Crippen LogP contribution in [0.3, 0.4) is 0 Å². The summed E-state index contributed by atoms with van der Waals surface area (Å²) in [4.78, 5) is 2.52. The molecule has 1 heterocycles. The third kappa shape index (κ3) is 2.55. The monoisotopic (exact) mass is 206 g/mol. The van der Waals surface area contributed by atoms with E-state index in [-0.39, 0.29) is 0 Å². The van der Waals surface area contributed by atoms with Crippen molar-refractivity contribution < 1.29 is 0 Å². The molecule has 1 aliphatic heterocycles. The molecule has 1 fully saturated rings. The zero-order valence-electron chi connectivity index (χ0n) is 8.03. The van der Waals surface area contributed by atoms with Gasteiger partial charge in [0.1, 0.15) is 0 Å². The summed E-state index contributed by atoms with van der Waals surface area (Å²) in [6.07, 6.45) is 0. The van der Waals surface area contributed by atoms with Gasteiger partial charge in [0.15, 0.2) is 0 Å². The lowest BCUT2D eigenvalue weighted by Gasteiger charge is -2.39. The van der Waals surface area contributed by atoms with Gasteiger partial charge in [0.05, 0.1) is 0 Å². The van der Waals surface area contributed by atoms with Gasteiger partial charge < -0.3 is 0 Å². The maximum absolute atomic E-state index is 4.23. The van der Waals surface area contributed by atoms with E-state index in [1.54, 1.807) is 11.0 Å². The summed E-state index contributed by atoms with van der Waals surface area (Å²) in [5.74, 6) is 0. The first-order chi connectivity index (χ1) is 5.65. The SMILES string of the molecule is CC(C)N1CCN(SS)C(C)C1. The highest BCUT2D eigenvalue weighted by molar-refractivity contribution is 8.67. The van der Waals surface area contributed by atoms with E-state index >= 15 is 0 Å². The second kappa shape index (κ2) is 4.74. The topological polar surface area (TPSA) is 6.48 Å². The van der Waals surface area contributed by atoms with Gasteiger partial charge in [0.2, 0.25) is 0 Å². The highest BCUT2D eigenvalue weighted by Gasteiger charge is 2.24. The van der Waals surface area contributed by atoms with Gasteiger partial charge in [0, 0.05) is 31.7 Å². The molecule has 0 aromatic rings. The number of thiol groups is 1. The van der Waals surface area contributed by atoms with E-state index < -0.39 is 0 Å². The van der Waals surface area contributed by atoms with Crippen LogP contribution in [0.2, 0.25) is 0 Å². The Morgan fingerprint density at radius 1 is 1.42 bits per heavy atom. The van der Waals surface area contributed by atoms with Crippen molar-refractivity contribution in [2.24, 2.45) is 0 Å². The molecular weight excluding hydrogens is 188 g/mol. The molecule has 0 amide bonds. The molecule has 0 bridgehead atoms. The first-order valence-corrected chi connectivity index (χ1v) is 6.30. The fraction of sp³-hybridized carbons (Fsp3) is 1.00. The number of piperazine rings is 1. The Morgan fingerprint density at radius 3 is 2.50 bits per heavy atom. The molecule has 1 atom stereocenters. The van der Waals surface area contributed by atoms with Crippen LogP contribution in [0.15, 0.2) is 0 Å². The van der Waals surface area contributed by atoms with Crippen molar-refractivity contribution in [1.29, 1.82) is 0 Å². The van der Waals surface area contributed by atoms with Crippen LogP contribution >= 0.6 is 22.6 Å². The predicted octanol–water partition coefficient (Wildman–Crippen LogP) is 1.89. The lowest BCUT2D eigenvalue weighted by molar-refractivity contribution is 0.124. The molecule has 2 nitrogen and oxygen atoms in total. The number of nitrogens with zero attached hydrogens (tertiary/aromatic N) is 2. The van der Waals surface area contributed by atoms with Gasteiger partial charge in [-0.2, -0.15) is 0 Å². The summed E-state index contributed by atoms with van der Waals surface area (Å²) >= 11 is 4.23. The molecule has 72 valence electrons. The minimum absolute atomic E-state index is 0.628. The molecule has 0 aromatic carbocycles. The Hall–Kier alpha value is 0.620. The fourth-order valence-corrected chi connectivity index (χ4v) is 2.68. The number of rotatable bonds is 2. The van der Waals surface area contributed by atoms with Gasteiger partial charge in [-0.3, -0.25) is 4.90 Å². The average Bonchev–Trinajstić information content (AvgIpc) is 2.04. The van der Waals surface area contributed by atoms with Gasteiger partial charge in [-0.25, -0.2) is 4.31 Å². The highest BCUT2D eigenvalue weighted by Crippen LogP contribution is 2.22. The second-order valence-electron chi connectivity index (χ2n) is 3.66. The van der Waals surface area contributed by atoms with Crippen molar-refractivity contribution >= 4 is 22.6 Å². The molecule has 1 unspecified atom stereocenters. The largest absolute Gasteiger partial charge is 0.298 e. The number of hydrogen-bond donors (Lipinski definition) is 1. The van der Waals surface area contributed by atoms with Crippen LogP contribution in [0.4, 0.5) is 0 Å². The quantitative estimate of drug-likeness (QED) is 0.419. The van der Waals surface area contributed by atoms with Crippen LogP contribution in [0.25, 0.3) is 0 Å². The van der Waals surface area contributed by atoms with Crippen molar-refractivity contribution in [3.63, 3.8) is 0 Å². The van der Waals surface area contributed by atoms with E-state index in [9.17, 15) is 0 Å². The molecule has 0 aliphatic carbocycles. The van der Waals surface area contributed by atoms with Crippen LogP contribution in [-0.4, -0.2) is 40.9 Å². The lowest BCUT2D eigenvalue weighted by atomic mass is 10.2.